The summed E-state index contributed by atoms with van der Waals surface area (Å²) in [7, 11) is 0. The molecule has 0 bridgehead atoms. The van der Waals surface area contributed by atoms with Crippen molar-refractivity contribution >= 4 is 11.8 Å². The molecule has 0 saturated heterocycles. The van der Waals surface area contributed by atoms with E-state index >= 15 is 0 Å². The molecule has 1 rings (SSSR count). The van der Waals surface area contributed by atoms with E-state index in [4.69, 9.17) is 5.73 Å². The highest BCUT2D eigenvalue weighted by Gasteiger charge is 2.20. The van der Waals surface area contributed by atoms with Gasteiger partial charge in [0, 0.05) is 31.6 Å². The van der Waals surface area contributed by atoms with Crippen molar-refractivity contribution in [2.75, 3.05) is 32.7 Å². The van der Waals surface area contributed by atoms with Crippen molar-refractivity contribution in [1.29, 1.82) is 0 Å². The molecule has 6 N–H and O–H groups in total. The van der Waals surface area contributed by atoms with Crippen molar-refractivity contribution in [1.82, 2.24) is 16.0 Å². The molecule has 7 heteroatoms. The number of carbonyl (C=O) groups is 2. The van der Waals surface area contributed by atoms with E-state index < -0.39 is 6.10 Å². The number of rotatable bonds is 11. The molecule has 1 aliphatic rings. The van der Waals surface area contributed by atoms with Crippen LogP contribution in [0.4, 0.5) is 0 Å². The SMILES string of the molecule is C=C(C)C(=O)NCC(O)CNC(=O)CCNCC1CCCC(CN)C1. The zero-order valence-electron chi connectivity index (χ0n) is 15.4. The Morgan fingerprint density at radius 2 is 1.92 bits per heavy atom. The van der Waals surface area contributed by atoms with Gasteiger partial charge >= 0.3 is 0 Å². The summed E-state index contributed by atoms with van der Waals surface area (Å²) in [6.07, 6.45) is 4.46. The molecule has 0 aromatic heterocycles. The van der Waals surface area contributed by atoms with Crippen LogP contribution in [-0.4, -0.2) is 55.7 Å². The fourth-order valence-corrected chi connectivity index (χ4v) is 3.06. The maximum absolute atomic E-state index is 11.8. The van der Waals surface area contributed by atoms with Gasteiger partial charge in [-0.1, -0.05) is 13.0 Å². The van der Waals surface area contributed by atoms with E-state index in [1.807, 2.05) is 0 Å². The number of nitrogens with two attached hydrogens (primary N) is 1. The topological polar surface area (TPSA) is 116 Å². The van der Waals surface area contributed by atoms with Gasteiger partial charge in [-0.3, -0.25) is 9.59 Å². The Kier molecular flexibility index (Phi) is 10.4. The molecule has 0 aliphatic heterocycles. The molecule has 144 valence electrons. The lowest BCUT2D eigenvalue weighted by Crippen LogP contribution is -2.40. The van der Waals surface area contributed by atoms with Gasteiger partial charge in [-0.15, -0.1) is 0 Å². The predicted molar refractivity (Wildman–Crippen MR) is 98.8 cm³/mol. The first kappa shape index (κ1) is 21.6. The van der Waals surface area contributed by atoms with Gasteiger partial charge in [-0.2, -0.15) is 0 Å². The summed E-state index contributed by atoms with van der Waals surface area (Å²) in [6, 6.07) is 0. The van der Waals surface area contributed by atoms with Crippen LogP contribution in [0.1, 0.15) is 39.0 Å². The first-order chi connectivity index (χ1) is 11.9. The van der Waals surface area contributed by atoms with Gasteiger partial charge in [0.05, 0.1) is 6.10 Å². The normalized spacial score (nSPS) is 21.4. The van der Waals surface area contributed by atoms with E-state index in [1.54, 1.807) is 6.92 Å². The zero-order chi connectivity index (χ0) is 18.7. The number of aliphatic hydroxyl groups is 1. The summed E-state index contributed by atoms with van der Waals surface area (Å²) in [6.45, 7) is 7.65. The first-order valence-corrected chi connectivity index (χ1v) is 9.21. The lowest BCUT2D eigenvalue weighted by molar-refractivity contribution is -0.121. The monoisotopic (exact) mass is 354 g/mol. The fraction of sp³-hybridized carbons (Fsp3) is 0.778. The fourth-order valence-electron chi connectivity index (χ4n) is 3.06. The molecule has 3 unspecified atom stereocenters. The molecular weight excluding hydrogens is 320 g/mol. The van der Waals surface area contributed by atoms with Gasteiger partial charge in [0.15, 0.2) is 0 Å². The third kappa shape index (κ3) is 9.57. The van der Waals surface area contributed by atoms with Crippen LogP contribution < -0.4 is 21.7 Å². The van der Waals surface area contributed by atoms with Crippen LogP contribution in [0.2, 0.25) is 0 Å². The predicted octanol–water partition coefficient (Wildman–Crippen LogP) is -0.0994. The van der Waals surface area contributed by atoms with Crippen LogP contribution in [-0.2, 0) is 9.59 Å². The zero-order valence-corrected chi connectivity index (χ0v) is 15.4. The summed E-state index contributed by atoms with van der Waals surface area (Å²) >= 11 is 0. The van der Waals surface area contributed by atoms with Gasteiger partial charge < -0.3 is 26.8 Å². The highest BCUT2D eigenvalue weighted by Crippen LogP contribution is 2.27. The van der Waals surface area contributed by atoms with Crippen molar-refractivity contribution in [3.8, 4) is 0 Å². The maximum Gasteiger partial charge on any atom is 0.246 e. The Balaban J connectivity index is 2.05. The van der Waals surface area contributed by atoms with Crippen LogP contribution in [0.3, 0.4) is 0 Å². The van der Waals surface area contributed by atoms with Gasteiger partial charge in [0.25, 0.3) is 0 Å². The molecule has 25 heavy (non-hydrogen) atoms. The Hall–Kier alpha value is -1.44. The largest absolute Gasteiger partial charge is 0.389 e. The van der Waals surface area contributed by atoms with E-state index in [0.29, 0.717) is 30.4 Å². The molecule has 0 heterocycles. The van der Waals surface area contributed by atoms with Crippen LogP contribution >= 0.6 is 0 Å². The van der Waals surface area contributed by atoms with Crippen LogP contribution in [0.5, 0.6) is 0 Å². The minimum absolute atomic E-state index is 0.0915. The van der Waals surface area contributed by atoms with Crippen molar-refractivity contribution in [3.63, 3.8) is 0 Å². The number of aliphatic hydroxyl groups excluding tert-OH is 1. The molecular formula is C18H34N4O3. The van der Waals surface area contributed by atoms with Crippen LogP contribution in [0, 0.1) is 11.8 Å². The standard InChI is InChI=1S/C18H34N4O3/c1-13(2)18(25)22-12-16(23)11-21-17(24)6-7-20-10-15-5-3-4-14(8-15)9-19/h14-16,20,23H,1,3-12,19H2,2H3,(H,21,24)(H,22,25). The highest BCUT2D eigenvalue weighted by molar-refractivity contribution is 5.92. The van der Waals surface area contributed by atoms with Crippen LogP contribution in [0.15, 0.2) is 12.2 Å². The Morgan fingerprint density at radius 3 is 2.60 bits per heavy atom. The summed E-state index contributed by atoms with van der Waals surface area (Å²) in [4.78, 5) is 23.1. The smallest absolute Gasteiger partial charge is 0.246 e. The Morgan fingerprint density at radius 1 is 1.24 bits per heavy atom. The lowest BCUT2D eigenvalue weighted by Gasteiger charge is -2.28. The summed E-state index contributed by atoms with van der Waals surface area (Å²) in [5.74, 6) is 0.898. The molecule has 0 spiro atoms. The average Bonchev–Trinajstić information content (AvgIpc) is 2.61. The van der Waals surface area contributed by atoms with E-state index in [2.05, 4.69) is 22.5 Å². The number of amides is 2. The molecule has 3 atom stereocenters. The van der Waals surface area contributed by atoms with Gasteiger partial charge in [0.2, 0.25) is 11.8 Å². The maximum atomic E-state index is 11.8. The van der Waals surface area contributed by atoms with Crippen LogP contribution in [0.25, 0.3) is 0 Å². The summed E-state index contributed by atoms with van der Waals surface area (Å²) < 4.78 is 0. The van der Waals surface area contributed by atoms with E-state index in [1.165, 1.54) is 25.7 Å². The molecule has 7 nitrogen and oxygen atoms in total. The number of hydrogen-bond donors (Lipinski definition) is 5. The second kappa shape index (κ2) is 12.0. The molecule has 0 aromatic carbocycles. The molecule has 1 aliphatic carbocycles. The quantitative estimate of drug-likeness (QED) is 0.262. The van der Waals surface area contributed by atoms with Crippen molar-refractivity contribution in [3.05, 3.63) is 12.2 Å². The lowest BCUT2D eigenvalue weighted by atomic mass is 9.81. The number of carbonyl (C=O) groups excluding carboxylic acids is 2. The van der Waals surface area contributed by atoms with E-state index in [0.717, 1.165) is 13.1 Å². The van der Waals surface area contributed by atoms with Crippen molar-refractivity contribution < 1.29 is 14.7 Å². The van der Waals surface area contributed by atoms with E-state index in [-0.39, 0.29) is 24.9 Å². The minimum Gasteiger partial charge on any atom is -0.389 e. The Labute approximate surface area is 150 Å². The Bertz CT molecular complexity index is 442. The third-order valence-corrected chi connectivity index (χ3v) is 4.61. The third-order valence-electron chi connectivity index (χ3n) is 4.61. The number of hydrogen-bond acceptors (Lipinski definition) is 5. The van der Waals surface area contributed by atoms with E-state index in [9.17, 15) is 14.7 Å². The van der Waals surface area contributed by atoms with Gasteiger partial charge in [-0.25, -0.2) is 0 Å². The van der Waals surface area contributed by atoms with Gasteiger partial charge in [0.1, 0.15) is 0 Å². The van der Waals surface area contributed by atoms with Gasteiger partial charge in [-0.05, 0) is 51.1 Å². The highest BCUT2D eigenvalue weighted by atomic mass is 16.3. The second-order valence-electron chi connectivity index (χ2n) is 7.04. The molecule has 1 saturated carbocycles. The second-order valence-corrected chi connectivity index (χ2v) is 7.04. The number of nitrogens with one attached hydrogen (secondary N) is 3. The van der Waals surface area contributed by atoms with Crippen molar-refractivity contribution in [2.24, 2.45) is 17.6 Å². The molecule has 0 radical (unpaired) electrons. The van der Waals surface area contributed by atoms with Crippen molar-refractivity contribution in [2.45, 2.75) is 45.1 Å². The minimum atomic E-state index is -0.810. The molecule has 1 fully saturated rings. The first-order valence-electron chi connectivity index (χ1n) is 9.21. The summed E-state index contributed by atoms with van der Waals surface area (Å²) in [5.41, 5.74) is 6.14. The molecule has 0 aromatic rings. The molecule has 2 amide bonds. The average molecular weight is 354 g/mol. The summed E-state index contributed by atoms with van der Waals surface area (Å²) in [5, 5.41) is 18.3.